The maximum Gasteiger partial charge on any atom is 0.337 e. The first-order valence-electron chi connectivity index (χ1n) is 3.81. The maximum atomic E-state index is 10.8. The monoisotopic (exact) mass is 285 g/mol. The Kier molecular flexibility index (Phi) is 5.94. The van der Waals surface area contributed by atoms with E-state index < -0.39 is 38.1 Å². The molecule has 0 fully saturated rings. The summed E-state index contributed by atoms with van der Waals surface area (Å²) in [4.78, 5) is 20.2. The van der Waals surface area contributed by atoms with E-state index in [9.17, 15) is 18.0 Å². The Morgan fingerprint density at radius 3 is 1.94 bits per heavy atom. The van der Waals surface area contributed by atoms with E-state index in [0.717, 1.165) is 12.1 Å². The van der Waals surface area contributed by atoms with Crippen molar-refractivity contribution < 1.29 is 32.8 Å². The van der Waals surface area contributed by atoms with Gasteiger partial charge in [-0.1, -0.05) is 0 Å². The number of carboxylic acids is 2. The van der Waals surface area contributed by atoms with Crippen molar-refractivity contribution in [3.63, 3.8) is 0 Å². The van der Waals surface area contributed by atoms with Crippen LogP contribution in [-0.4, -0.2) is 86.5 Å². The maximum absolute atomic E-state index is 10.8. The summed E-state index contributed by atoms with van der Waals surface area (Å²) in [5, 5.41) is 17.2. The summed E-state index contributed by atoms with van der Waals surface area (Å²) >= 11 is 0. The molecule has 0 unspecified atom stereocenters. The smallest absolute Gasteiger partial charge is 0.337 e. The zero-order valence-corrected chi connectivity index (χ0v) is 12.6. The second kappa shape index (κ2) is 6.04. The fraction of sp³-hybridized carbons (Fsp3) is 0. The predicted molar refractivity (Wildman–Crippen MR) is 55.9 cm³/mol. The van der Waals surface area contributed by atoms with Crippen molar-refractivity contribution in [3.8, 4) is 0 Å². The van der Waals surface area contributed by atoms with Gasteiger partial charge >= 0.3 is 11.9 Å². The molecule has 0 saturated carbocycles. The molecule has 7 nitrogen and oxygen atoms in total. The molecule has 0 aliphatic carbocycles. The van der Waals surface area contributed by atoms with Gasteiger partial charge in [-0.05, 0) is 18.2 Å². The van der Waals surface area contributed by atoms with Gasteiger partial charge in [-0.2, -0.15) is 8.42 Å². The average Bonchev–Trinajstić information content (AvgIpc) is 2.15. The van der Waals surface area contributed by atoms with Crippen LogP contribution in [0.2, 0.25) is 0 Å². The third kappa shape index (κ3) is 4.14. The van der Waals surface area contributed by atoms with E-state index in [4.69, 9.17) is 14.8 Å². The molecule has 1 aromatic rings. The average molecular weight is 285 g/mol. The Hall–Kier alpha value is -0.294. The van der Waals surface area contributed by atoms with Crippen LogP contribution in [0, 0.1) is 0 Å². The topological polar surface area (TPSA) is 129 Å². The largest absolute Gasteiger partial charge is 0.478 e. The van der Waals surface area contributed by atoms with E-state index in [0.29, 0.717) is 6.07 Å². The zero-order chi connectivity index (χ0) is 12.5. The molecule has 0 heterocycles. The molecule has 0 spiro atoms. The number of carboxylic acid groups (broad SMARTS) is 2. The zero-order valence-electron chi connectivity index (χ0n) is 8.61. The van der Waals surface area contributed by atoms with Crippen LogP contribution in [0.4, 0.5) is 0 Å². The summed E-state index contributed by atoms with van der Waals surface area (Å²) < 4.78 is 30.4. The van der Waals surface area contributed by atoms with E-state index in [2.05, 4.69) is 0 Å². The molecule has 0 aromatic heterocycles. The minimum atomic E-state index is -4.78. The van der Waals surface area contributed by atoms with Gasteiger partial charge in [0.25, 0.3) is 10.1 Å². The Balaban J connectivity index is 0.00000256. The van der Waals surface area contributed by atoms with Crippen molar-refractivity contribution in [1.82, 2.24) is 0 Å². The molecule has 0 bridgehead atoms. The Morgan fingerprint density at radius 1 is 1.06 bits per heavy atom. The van der Waals surface area contributed by atoms with Crippen molar-refractivity contribution in [1.29, 1.82) is 0 Å². The molecule has 87 valence electrons. The molecule has 1 rings (SSSR count). The number of carbonyl (C=O) groups is 2. The van der Waals surface area contributed by atoms with Crippen LogP contribution in [0.15, 0.2) is 23.1 Å². The molecular weight excluding hydrogens is 279 g/mol. The van der Waals surface area contributed by atoms with Crippen molar-refractivity contribution in [2.75, 3.05) is 0 Å². The first-order chi connectivity index (χ1) is 7.23. The quantitative estimate of drug-likeness (QED) is 0.524. The van der Waals surface area contributed by atoms with E-state index >= 15 is 0 Å². The van der Waals surface area contributed by atoms with Gasteiger partial charge in [0.05, 0.1) is 11.1 Å². The van der Waals surface area contributed by atoms with Crippen LogP contribution in [0.3, 0.4) is 0 Å². The van der Waals surface area contributed by atoms with Crippen LogP contribution in [-0.2, 0) is 10.1 Å². The molecule has 1 aromatic carbocycles. The van der Waals surface area contributed by atoms with Gasteiger partial charge in [0.15, 0.2) is 0 Å². The van der Waals surface area contributed by atoms with Crippen LogP contribution in [0.1, 0.15) is 20.7 Å². The molecule has 0 atom stereocenters. The second-order valence-corrected chi connectivity index (χ2v) is 4.19. The van der Waals surface area contributed by atoms with E-state index in [-0.39, 0.29) is 51.4 Å². The van der Waals surface area contributed by atoms with Gasteiger partial charge < -0.3 is 10.2 Å². The molecule has 0 saturated heterocycles. The van der Waals surface area contributed by atoms with Crippen molar-refractivity contribution in [3.05, 3.63) is 29.3 Å². The number of aromatic carboxylic acids is 2. The van der Waals surface area contributed by atoms with Gasteiger partial charge in [0, 0.05) is 51.4 Å². The van der Waals surface area contributed by atoms with E-state index in [1.54, 1.807) is 0 Å². The standard InChI is InChI=1S/C8H6O7S.K/c9-7(10)4-1-2-5(8(11)12)6(3-4)16(13,14)15;/h1-3H,(H,9,10)(H,11,12)(H,13,14,15);. The summed E-state index contributed by atoms with van der Waals surface area (Å²) in [6.45, 7) is 0. The first kappa shape index (κ1) is 16.7. The molecular formula is C8H6KO7S. The van der Waals surface area contributed by atoms with Crippen LogP contribution >= 0.6 is 0 Å². The predicted octanol–water partition coefficient (Wildman–Crippen LogP) is -0.0511. The van der Waals surface area contributed by atoms with Crippen LogP contribution < -0.4 is 0 Å². The Morgan fingerprint density at radius 2 is 1.59 bits per heavy atom. The van der Waals surface area contributed by atoms with Gasteiger partial charge in [0.1, 0.15) is 4.90 Å². The normalized spacial score (nSPS) is 10.4. The van der Waals surface area contributed by atoms with E-state index in [1.165, 1.54) is 0 Å². The van der Waals surface area contributed by atoms with Crippen molar-refractivity contribution in [2.24, 2.45) is 0 Å². The number of rotatable bonds is 3. The molecule has 0 amide bonds. The summed E-state index contributed by atoms with van der Waals surface area (Å²) in [6.07, 6.45) is 0. The molecule has 1 radical (unpaired) electrons. The number of benzene rings is 1. The molecule has 3 N–H and O–H groups in total. The van der Waals surface area contributed by atoms with Crippen LogP contribution in [0.5, 0.6) is 0 Å². The molecule has 9 heteroatoms. The SMILES string of the molecule is O=C(O)c1ccc(C(=O)O)c(S(=O)(=O)O)c1.[K]. The third-order valence-corrected chi connectivity index (χ3v) is 2.63. The summed E-state index contributed by atoms with van der Waals surface area (Å²) in [5.41, 5.74) is -1.12. The minimum absolute atomic E-state index is 0. The second-order valence-electron chi connectivity index (χ2n) is 2.80. The number of hydrogen-bond donors (Lipinski definition) is 3. The van der Waals surface area contributed by atoms with Crippen LogP contribution in [0.25, 0.3) is 0 Å². The fourth-order valence-electron chi connectivity index (χ4n) is 1.05. The Bertz CT molecular complexity index is 563. The molecule has 0 aliphatic rings. The van der Waals surface area contributed by atoms with Crippen molar-refractivity contribution in [2.45, 2.75) is 4.90 Å². The molecule has 17 heavy (non-hydrogen) atoms. The van der Waals surface area contributed by atoms with Gasteiger partial charge in [-0.15, -0.1) is 0 Å². The van der Waals surface area contributed by atoms with Gasteiger partial charge in [-0.3, -0.25) is 4.55 Å². The van der Waals surface area contributed by atoms with Crippen molar-refractivity contribution >= 4 is 73.4 Å². The minimum Gasteiger partial charge on any atom is -0.478 e. The summed E-state index contributed by atoms with van der Waals surface area (Å²) in [5.74, 6) is -3.01. The fourth-order valence-corrected chi connectivity index (χ4v) is 1.75. The number of hydrogen-bond acceptors (Lipinski definition) is 4. The van der Waals surface area contributed by atoms with Gasteiger partial charge in [-0.25, -0.2) is 9.59 Å². The first-order valence-corrected chi connectivity index (χ1v) is 5.25. The molecule has 0 aliphatic heterocycles. The summed E-state index contributed by atoms with van der Waals surface area (Å²) in [6, 6.07) is 2.32. The van der Waals surface area contributed by atoms with E-state index in [1.807, 2.05) is 0 Å². The Labute approximate surface area is 139 Å². The summed E-state index contributed by atoms with van der Waals surface area (Å²) in [7, 11) is -4.78. The van der Waals surface area contributed by atoms with Gasteiger partial charge in [0.2, 0.25) is 0 Å². The third-order valence-electron chi connectivity index (χ3n) is 1.74.